The molecule has 3 aromatic heterocycles. The predicted molar refractivity (Wildman–Crippen MR) is 103 cm³/mol. The molecule has 7 nitrogen and oxygen atoms in total. The van der Waals surface area contributed by atoms with Crippen LogP contribution in [0.1, 0.15) is 27.5 Å². The van der Waals surface area contributed by atoms with Gasteiger partial charge in [-0.2, -0.15) is 5.10 Å². The zero-order chi connectivity index (χ0) is 19.1. The molecule has 0 radical (unpaired) electrons. The Balaban J connectivity index is 1.55. The Bertz CT molecular complexity index is 1140. The van der Waals surface area contributed by atoms with E-state index in [-0.39, 0.29) is 5.91 Å². The number of hydrogen-bond donors (Lipinski definition) is 1. The van der Waals surface area contributed by atoms with Crippen LogP contribution in [-0.4, -0.2) is 25.7 Å². The highest BCUT2D eigenvalue weighted by atomic mass is 16.4. The Hall–Kier alpha value is -3.48. The van der Waals surface area contributed by atoms with Gasteiger partial charge in [-0.3, -0.25) is 9.48 Å². The van der Waals surface area contributed by atoms with Gasteiger partial charge in [0, 0.05) is 29.9 Å². The van der Waals surface area contributed by atoms with Crippen LogP contribution in [0.5, 0.6) is 0 Å². The number of carbonyl (C=O) groups excluding carboxylic acids is 1. The van der Waals surface area contributed by atoms with Gasteiger partial charge in [-0.1, -0.05) is 0 Å². The lowest BCUT2D eigenvalue weighted by atomic mass is 10.1. The van der Waals surface area contributed by atoms with E-state index in [1.165, 1.54) is 0 Å². The van der Waals surface area contributed by atoms with Crippen LogP contribution in [0.3, 0.4) is 0 Å². The molecule has 27 heavy (non-hydrogen) atoms. The van der Waals surface area contributed by atoms with E-state index in [9.17, 15) is 4.79 Å². The van der Waals surface area contributed by atoms with E-state index in [4.69, 9.17) is 4.42 Å². The van der Waals surface area contributed by atoms with E-state index in [1.807, 2.05) is 58.2 Å². The molecule has 0 aliphatic rings. The molecule has 4 aromatic rings. The van der Waals surface area contributed by atoms with Gasteiger partial charge in [0.2, 0.25) is 5.89 Å². The molecule has 0 spiro atoms. The standard InChI is InChI=1S/C20H19N5O2/c1-11-13(3)27-20(22-11)14-5-7-16(8-6-14)23-19(26)15-9-17-12(2)24-25(4)18(17)21-10-15/h5-10H,1-4H3,(H,23,26). The van der Waals surface area contributed by atoms with Crippen molar-refractivity contribution in [2.75, 3.05) is 5.32 Å². The van der Waals surface area contributed by atoms with Crippen LogP contribution >= 0.6 is 0 Å². The lowest BCUT2D eigenvalue weighted by molar-refractivity contribution is 0.102. The minimum absolute atomic E-state index is 0.219. The van der Waals surface area contributed by atoms with Gasteiger partial charge in [0.15, 0.2) is 5.65 Å². The van der Waals surface area contributed by atoms with Crippen LogP contribution in [0.25, 0.3) is 22.5 Å². The molecule has 3 heterocycles. The number of aromatic nitrogens is 4. The number of pyridine rings is 1. The molecule has 0 bridgehead atoms. The third-order valence-electron chi connectivity index (χ3n) is 4.54. The van der Waals surface area contributed by atoms with Crippen LogP contribution in [0.15, 0.2) is 40.9 Å². The maximum Gasteiger partial charge on any atom is 0.257 e. The predicted octanol–water partition coefficient (Wildman–Crippen LogP) is 3.80. The second kappa shape index (κ2) is 6.35. The van der Waals surface area contributed by atoms with Crippen LogP contribution in [-0.2, 0) is 7.05 Å². The maximum absolute atomic E-state index is 12.6. The Morgan fingerprint density at radius 1 is 1.11 bits per heavy atom. The van der Waals surface area contributed by atoms with E-state index in [0.717, 1.165) is 33.7 Å². The number of carbonyl (C=O) groups is 1. The fourth-order valence-electron chi connectivity index (χ4n) is 2.93. The summed E-state index contributed by atoms with van der Waals surface area (Å²) in [6, 6.07) is 9.19. The van der Waals surface area contributed by atoms with Gasteiger partial charge >= 0.3 is 0 Å². The molecule has 0 aliphatic carbocycles. The zero-order valence-electron chi connectivity index (χ0n) is 15.6. The molecule has 0 saturated heterocycles. The van der Waals surface area contributed by atoms with Crippen LogP contribution in [0.4, 0.5) is 5.69 Å². The molecule has 0 saturated carbocycles. The molecule has 0 unspecified atom stereocenters. The normalized spacial score (nSPS) is 11.1. The molecule has 0 aliphatic heterocycles. The summed E-state index contributed by atoms with van der Waals surface area (Å²) in [7, 11) is 1.83. The number of oxazole rings is 1. The smallest absolute Gasteiger partial charge is 0.257 e. The van der Waals surface area contributed by atoms with Crippen molar-refractivity contribution >= 4 is 22.6 Å². The molecular weight excluding hydrogens is 342 g/mol. The van der Waals surface area contributed by atoms with Gasteiger partial charge < -0.3 is 9.73 Å². The summed E-state index contributed by atoms with van der Waals surface area (Å²) >= 11 is 0. The summed E-state index contributed by atoms with van der Waals surface area (Å²) in [6.45, 7) is 5.69. The third kappa shape index (κ3) is 3.08. The van der Waals surface area contributed by atoms with E-state index < -0.39 is 0 Å². The highest BCUT2D eigenvalue weighted by molar-refractivity contribution is 6.05. The van der Waals surface area contributed by atoms with Crippen molar-refractivity contribution in [3.8, 4) is 11.5 Å². The number of rotatable bonds is 3. The molecule has 0 atom stereocenters. The van der Waals surface area contributed by atoms with Crippen LogP contribution < -0.4 is 5.32 Å². The molecule has 0 fully saturated rings. The van der Waals surface area contributed by atoms with Crippen LogP contribution in [0, 0.1) is 20.8 Å². The van der Waals surface area contributed by atoms with Crippen molar-refractivity contribution in [2.24, 2.45) is 7.05 Å². The van der Waals surface area contributed by atoms with Gasteiger partial charge in [-0.15, -0.1) is 0 Å². The Morgan fingerprint density at radius 2 is 1.85 bits per heavy atom. The summed E-state index contributed by atoms with van der Waals surface area (Å²) in [4.78, 5) is 21.3. The lowest BCUT2D eigenvalue weighted by Crippen LogP contribution is -2.12. The largest absolute Gasteiger partial charge is 0.441 e. The quantitative estimate of drug-likeness (QED) is 0.600. The van der Waals surface area contributed by atoms with Crippen molar-refractivity contribution in [1.82, 2.24) is 19.7 Å². The number of fused-ring (bicyclic) bond motifs is 1. The van der Waals surface area contributed by atoms with E-state index in [0.29, 0.717) is 17.1 Å². The highest BCUT2D eigenvalue weighted by Crippen LogP contribution is 2.23. The van der Waals surface area contributed by atoms with Gasteiger partial charge in [0.25, 0.3) is 5.91 Å². The first kappa shape index (κ1) is 17.0. The Labute approximate surface area is 156 Å². The summed E-state index contributed by atoms with van der Waals surface area (Å²) in [5.74, 6) is 1.16. The van der Waals surface area contributed by atoms with Gasteiger partial charge in [-0.25, -0.2) is 9.97 Å². The maximum atomic E-state index is 12.6. The van der Waals surface area contributed by atoms with Crippen LogP contribution in [0.2, 0.25) is 0 Å². The minimum Gasteiger partial charge on any atom is -0.441 e. The minimum atomic E-state index is -0.219. The van der Waals surface area contributed by atoms with Crippen molar-refractivity contribution in [1.29, 1.82) is 0 Å². The third-order valence-corrected chi connectivity index (χ3v) is 4.54. The molecule has 1 amide bonds. The van der Waals surface area contributed by atoms with E-state index >= 15 is 0 Å². The molecule has 136 valence electrons. The summed E-state index contributed by atoms with van der Waals surface area (Å²) in [6.07, 6.45) is 1.56. The van der Waals surface area contributed by atoms with Gasteiger partial charge in [-0.05, 0) is 51.1 Å². The van der Waals surface area contributed by atoms with Crippen molar-refractivity contribution in [3.05, 3.63) is 59.2 Å². The number of aryl methyl sites for hydroxylation is 4. The van der Waals surface area contributed by atoms with Gasteiger partial charge in [0.05, 0.1) is 17.0 Å². The fraction of sp³-hybridized carbons (Fsp3) is 0.200. The number of nitrogens with one attached hydrogen (secondary N) is 1. The Morgan fingerprint density at radius 3 is 2.52 bits per heavy atom. The first-order valence-corrected chi connectivity index (χ1v) is 8.57. The number of amides is 1. The molecule has 4 rings (SSSR count). The van der Waals surface area contributed by atoms with E-state index in [1.54, 1.807) is 10.9 Å². The zero-order valence-corrected chi connectivity index (χ0v) is 15.6. The van der Waals surface area contributed by atoms with Crippen molar-refractivity contribution in [3.63, 3.8) is 0 Å². The number of benzene rings is 1. The van der Waals surface area contributed by atoms with E-state index in [2.05, 4.69) is 20.4 Å². The molecule has 7 heteroatoms. The van der Waals surface area contributed by atoms with Crippen molar-refractivity contribution < 1.29 is 9.21 Å². The fourth-order valence-corrected chi connectivity index (χ4v) is 2.93. The molecular formula is C20H19N5O2. The monoisotopic (exact) mass is 361 g/mol. The summed E-state index contributed by atoms with van der Waals surface area (Å²) in [5, 5.41) is 8.09. The van der Waals surface area contributed by atoms with Crippen molar-refractivity contribution in [2.45, 2.75) is 20.8 Å². The number of hydrogen-bond acceptors (Lipinski definition) is 5. The average molecular weight is 361 g/mol. The topological polar surface area (TPSA) is 85.8 Å². The average Bonchev–Trinajstić information content (AvgIpc) is 3.14. The molecule has 1 N–H and O–H groups in total. The second-order valence-electron chi connectivity index (χ2n) is 6.50. The molecule has 1 aromatic carbocycles. The Kier molecular flexibility index (Phi) is 3.99. The SMILES string of the molecule is Cc1nc(-c2ccc(NC(=O)c3cnc4c(c3)c(C)nn4C)cc2)oc1C. The summed E-state index contributed by atoms with van der Waals surface area (Å²) < 4.78 is 7.34. The number of nitrogens with zero attached hydrogens (tertiary/aromatic N) is 4. The first-order chi connectivity index (χ1) is 12.9. The first-order valence-electron chi connectivity index (χ1n) is 8.57. The second-order valence-corrected chi connectivity index (χ2v) is 6.50. The highest BCUT2D eigenvalue weighted by Gasteiger charge is 2.13. The summed E-state index contributed by atoms with van der Waals surface area (Å²) in [5.41, 5.74) is 4.50. The number of anilines is 1. The lowest BCUT2D eigenvalue weighted by Gasteiger charge is -2.06. The van der Waals surface area contributed by atoms with Gasteiger partial charge in [0.1, 0.15) is 5.76 Å².